The second-order valence-corrected chi connectivity index (χ2v) is 6.01. The summed E-state index contributed by atoms with van der Waals surface area (Å²) in [5, 5.41) is 0. The highest BCUT2D eigenvalue weighted by Crippen LogP contribution is 2.33. The van der Waals surface area contributed by atoms with E-state index in [-0.39, 0.29) is 23.4 Å². The van der Waals surface area contributed by atoms with Crippen LogP contribution in [0.5, 0.6) is 11.5 Å². The molecule has 0 aliphatic carbocycles. The van der Waals surface area contributed by atoms with Crippen LogP contribution in [0.15, 0.2) is 48.8 Å². The summed E-state index contributed by atoms with van der Waals surface area (Å²) >= 11 is 0. The highest BCUT2D eigenvalue weighted by atomic mass is 19.3. The number of aromatic nitrogens is 1. The lowest BCUT2D eigenvalue weighted by molar-refractivity contribution is -0.128. The van der Waals surface area contributed by atoms with Gasteiger partial charge in [-0.25, -0.2) is 0 Å². The number of pyridine rings is 1. The molecule has 0 aliphatic rings. The van der Waals surface area contributed by atoms with Gasteiger partial charge in [-0.3, -0.25) is 9.78 Å². The number of methoxy groups -OCH3 is 1. The molecule has 0 aliphatic heterocycles. The van der Waals surface area contributed by atoms with Gasteiger partial charge in [-0.05, 0) is 37.6 Å². The maximum Gasteiger partial charge on any atom is 0.387 e. The molecule has 1 heterocycles. The van der Waals surface area contributed by atoms with Crippen molar-refractivity contribution >= 4 is 12.0 Å². The average Bonchev–Trinajstić information content (AvgIpc) is 2.65. The van der Waals surface area contributed by atoms with Crippen molar-refractivity contribution in [3.8, 4) is 11.5 Å². The van der Waals surface area contributed by atoms with E-state index in [0.29, 0.717) is 12.1 Å². The third-order valence-electron chi connectivity index (χ3n) is 3.82. The fourth-order valence-electron chi connectivity index (χ4n) is 2.50. The summed E-state index contributed by atoms with van der Waals surface area (Å²) in [4.78, 5) is 18.4. The van der Waals surface area contributed by atoms with Gasteiger partial charge >= 0.3 is 6.61 Å². The number of nitrogens with zero attached hydrogens (tertiary/aromatic N) is 2. The Balaban J connectivity index is 2.23. The molecule has 0 unspecified atom stereocenters. The molecule has 0 bridgehead atoms. The third kappa shape index (κ3) is 5.77. The van der Waals surface area contributed by atoms with E-state index in [4.69, 9.17) is 4.74 Å². The minimum absolute atomic E-state index is 0.0514. The Labute approximate surface area is 157 Å². The van der Waals surface area contributed by atoms with E-state index in [1.54, 1.807) is 35.5 Å². The number of carbonyl (C=O) groups is 1. The molecule has 5 nitrogen and oxygen atoms in total. The molecule has 1 amide bonds. The standard InChI is InChI=1S/C20H22F2N2O3/c1-14(2)24(13-15-6-5-11-23-12-15)18(25)10-9-16-7-4-8-17(26-3)19(16)27-20(21)22/h4-12,14,20H,13H2,1-3H3/b10-9+. The Hall–Kier alpha value is -2.96. The molecule has 27 heavy (non-hydrogen) atoms. The Kier molecular flexibility index (Phi) is 7.28. The van der Waals surface area contributed by atoms with Gasteiger partial charge in [-0.1, -0.05) is 18.2 Å². The van der Waals surface area contributed by atoms with Crippen LogP contribution in [0.1, 0.15) is 25.0 Å². The Morgan fingerprint density at radius 1 is 1.26 bits per heavy atom. The number of rotatable bonds is 8. The molecule has 2 rings (SSSR count). The molecule has 0 saturated heterocycles. The number of amides is 1. The number of alkyl halides is 2. The number of hydrogen-bond acceptors (Lipinski definition) is 4. The van der Waals surface area contributed by atoms with E-state index in [1.165, 1.54) is 25.3 Å². The van der Waals surface area contributed by atoms with Crippen LogP contribution >= 0.6 is 0 Å². The Morgan fingerprint density at radius 2 is 2.04 bits per heavy atom. The molecule has 0 saturated carbocycles. The van der Waals surface area contributed by atoms with Gasteiger partial charge < -0.3 is 14.4 Å². The average molecular weight is 376 g/mol. The highest BCUT2D eigenvalue weighted by Gasteiger charge is 2.17. The first-order chi connectivity index (χ1) is 12.9. The van der Waals surface area contributed by atoms with Crippen LogP contribution in [-0.2, 0) is 11.3 Å². The number of hydrogen-bond donors (Lipinski definition) is 0. The number of carbonyl (C=O) groups excluding carboxylic acids is 1. The SMILES string of the molecule is COc1cccc(/C=C/C(=O)N(Cc2cccnc2)C(C)C)c1OC(F)F. The van der Waals surface area contributed by atoms with Crippen molar-refractivity contribution in [2.24, 2.45) is 0 Å². The minimum atomic E-state index is -3.00. The molecule has 7 heteroatoms. The Bertz CT molecular complexity index is 780. The lowest BCUT2D eigenvalue weighted by Crippen LogP contribution is -2.35. The van der Waals surface area contributed by atoms with Crippen molar-refractivity contribution in [1.29, 1.82) is 0 Å². The third-order valence-corrected chi connectivity index (χ3v) is 3.82. The molecular weight excluding hydrogens is 354 g/mol. The normalized spacial score (nSPS) is 11.2. The second-order valence-electron chi connectivity index (χ2n) is 6.01. The van der Waals surface area contributed by atoms with E-state index in [0.717, 1.165) is 5.56 Å². The van der Waals surface area contributed by atoms with Gasteiger partial charge in [0.05, 0.1) is 7.11 Å². The molecule has 144 valence electrons. The summed E-state index contributed by atoms with van der Waals surface area (Å²) in [6.45, 7) is 1.20. The van der Waals surface area contributed by atoms with Crippen molar-refractivity contribution in [2.75, 3.05) is 7.11 Å². The molecule has 0 spiro atoms. The molecule has 0 fully saturated rings. The molecule has 0 radical (unpaired) electrons. The van der Waals surface area contributed by atoms with Crippen molar-refractivity contribution in [3.05, 3.63) is 59.9 Å². The fourth-order valence-corrected chi connectivity index (χ4v) is 2.50. The number of ether oxygens (including phenoxy) is 2. The van der Waals surface area contributed by atoms with Gasteiger partial charge in [0.25, 0.3) is 0 Å². The quantitative estimate of drug-likeness (QED) is 0.650. The van der Waals surface area contributed by atoms with Gasteiger partial charge in [-0.15, -0.1) is 0 Å². The number of benzene rings is 1. The molecule has 0 N–H and O–H groups in total. The van der Waals surface area contributed by atoms with E-state index in [9.17, 15) is 13.6 Å². The minimum Gasteiger partial charge on any atom is -0.493 e. The summed E-state index contributed by atoms with van der Waals surface area (Å²) in [5.74, 6) is -0.192. The summed E-state index contributed by atoms with van der Waals surface area (Å²) in [6, 6.07) is 8.36. The highest BCUT2D eigenvalue weighted by molar-refractivity contribution is 5.92. The first kappa shape index (κ1) is 20.4. The summed E-state index contributed by atoms with van der Waals surface area (Å²) in [7, 11) is 1.36. The van der Waals surface area contributed by atoms with Crippen LogP contribution in [0.25, 0.3) is 6.08 Å². The smallest absolute Gasteiger partial charge is 0.387 e. The van der Waals surface area contributed by atoms with Crippen LogP contribution in [0.2, 0.25) is 0 Å². The zero-order valence-electron chi connectivity index (χ0n) is 15.4. The van der Waals surface area contributed by atoms with Gasteiger partial charge in [0.1, 0.15) is 0 Å². The number of para-hydroxylation sites is 1. The van der Waals surface area contributed by atoms with Crippen molar-refractivity contribution in [3.63, 3.8) is 0 Å². The lowest BCUT2D eigenvalue weighted by atomic mass is 10.1. The lowest BCUT2D eigenvalue weighted by Gasteiger charge is -2.25. The van der Waals surface area contributed by atoms with Crippen LogP contribution in [0, 0.1) is 0 Å². The monoisotopic (exact) mass is 376 g/mol. The van der Waals surface area contributed by atoms with Crippen molar-refractivity contribution in [1.82, 2.24) is 9.88 Å². The predicted octanol–water partition coefficient (Wildman–Crippen LogP) is 4.14. The van der Waals surface area contributed by atoms with E-state index < -0.39 is 6.61 Å². The Morgan fingerprint density at radius 3 is 2.63 bits per heavy atom. The van der Waals surface area contributed by atoms with Crippen LogP contribution < -0.4 is 9.47 Å². The molecule has 1 aromatic heterocycles. The zero-order valence-corrected chi connectivity index (χ0v) is 15.4. The molecule has 2 aromatic rings. The first-order valence-corrected chi connectivity index (χ1v) is 8.41. The zero-order chi connectivity index (χ0) is 19.8. The van der Waals surface area contributed by atoms with E-state index >= 15 is 0 Å². The second kappa shape index (κ2) is 9.66. The molecule has 1 aromatic carbocycles. The predicted molar refractivity (Wildman–Crippen MR) is 98.6 cm³/mol. The summed E-state index contributed by atoms with van der Waals surface area (Å²) in [6.07, 6.45) is 6.14. The van der Waals surface area contributed by atoms with Crippen molar-refractivity contribution < 1.29 is 23.0 Å². The summed E-state index contributed by atoms with van der Waals surface area (Å²) in [5.41, 5.74) is 1.23. The number of halogens is 2. The van der Waals surface area contributed by atoms with Crippen molar-refractivity contribution in [2.45, 2.75) is 33.0 Å². The van der Waals surface area contributed by atoms with Crippen LogP contribution in [-0.4, -0.2) is 35.6 Å². The molecule has 0 atom stereocenters. The summed E-state index contributed by atoms with van der Waals surface area (Å²) < 4.78 is 35.0. The largest absolute Gasteiger partial charge is 0.493 e. The maximum absolute atomic E-state index is 12.7. The van der Waals surface area contributed by atoms with E-state index in [2.05, 4.69) is 9.72 Å². The van der Waals surface area contributed by atoms with E-state index in [1.807, 2.05) is 19.9 Å². The maximum atomic E-state index is 12.7. The van der Waals surface area contributed by atoms with Gasteiger partial charge in [0, 0.05) is 36.6 Å². The van der Waals surface area contributed by atoms with Gasteiger partial charge in [-0.2, -0.15) is 8.78 Å². The topological polar surface area (TPSA) is 51.7 Å². The van der Waals surface area contributed by atoms with Gasteiger partial charge in [0.15, 0.2) is 11.5 Å². The van der Waals surface area contributed by atoms with Gasteiger partial charge in [0.2, 0.25) is 5.91 Å². The van der Waals surface area contributed by atoms with Crippen LogP contribution in [0.3, 0.4) is 0 Å². The van der Waals surface area contributed by atoms with Crippen LogP contribution in [0.4, 0.5) is 8.78 Å². The first-order valence-electron chi connectivity index (χ1n) is 8.41. The fraction of sp³-hybridized carbons (Fsp3) is 0.300. The molecular formula is C20H22F2N2O3.